The number of likely N-dealkylation sites (N-methyl/N-ethyl adjacent to an activating group) is 2. The maximum Gasteiger partial charge on any atom is 0.252 e. The van der Waals surface area contributed by atoms with Crippen LogP contribution in [0.5, 0.6) is 0 Å². The molecule has 0 saturated carbocycles. The molecule has 3 N–H and O–H groups in total. The minimum atomic E-state index is -0.278. The molecule has 1 aromatic carbocycles. The number of hydrogen-bond acceptors (Lipinski definition) is 4. The molecule has 0 atom stereocenters. The van der Waals surface area contributed by atoms with Gasteiger partial charge in [-0.1, -0.05) is 12.7 Å². The minimum absolute atomic E-state index is 0.147. The Morgan fingerprint density at radius 3 is 2.75 bits per heavy atom. The molecular formula is C14H19N3O3. The number of anilines is 2. The summed E-state index contributed by atoms with van der Waals surface area (Å²) in [6.07, 6.45) is 1.63. The molecule has 0 unspecified atom stereocenters. The van der Waals surface area contributed by atoms with Crippen LogP contribution in [0.15, 0.2) is 24.8 Å². The molecule has 6 heteroatoms. The van der Waals surface area contributed by atoms with Crippen LogP contribution in [0.1, 0.15) is 5.56 Å². The lowest BCUT2D eigenvalue weighted by molar-refractivity contribution is -0.129. The number of nitrogens with one attached hydrogen (secondary N) is 1. The zero-order valence-corrected chi connectivity index (χ0v) is 11.7. The summed E-state index contributed by atoms with van der Waals surface area (Å²) in [6.45, 7) is 3.37. The van der Waals surface area contributed by atoms with E-state index in [4.69, 9.17) is 10.5 Å². The molecule has 108 valence electrons. The lowest BCUT2D eigenvalue weighted by Gasteiger charge is -2.20. The average Bonchev–Trinajstić information content (AvgIpc) is 2.45. The first-order chi connectivity index (χ1) is 9.49. The van der Waals surface area contributed by atoms with Crippen LogP contribution in [0, 0.1) is 0 Å². The number of ether oxygens (including phenoxy) is 1. The van der Waals surface area contributed by atoms with Crippen LogP contribution in [0.4, 0.5) is 11.4 Å². The fourth-order valence-corrected chi connectivity index (χ4v) is 1.58. The number of hydrogen-bond donors (Lipinski definition) is 2. The van der Waals surface area contributed by atoms with E-state index < -0.39 is 0 Å². The first kappa shape index (κ1) is 15.7. The third kappa shape index (κ3) is 4.10. The summed E-state index contributed by atoms with van der Waals surface area (Å²) in [5, 5.41) is 2.41. The number of amides is 2. The molecule has 1 rings (SSSR count). The molecule has 0 bridgehead atoms. The number of nitrogen functional groups attached to an aromatic ring is 1. The first-order valence-corrected chi connectivity index (χ1v) is 6.06. The number of rotatable bonds is 6. The van der Waals surface area contributed by atoms with Gasteiger partial charge in [0.2, 0.25) is 5.91 Å². The summed E-state index contributed by atoms with van der Waals surface area (Å²) < 4.78 is 5.03. The van der Waals surface area contributed by atoms with Crippen LogP contribution >= 0.6 is 0 Å². The highest BCUT2D eigenvalue weighted by atomic mass is 16.5. The number of carbonyl (C=O) groups is 2. The molecule has 0 radical (unpaired) electrons. The monoisotopic (exact) mass is 277 g/mol. The Labute approximate surface area is 118 Å². The highest BCUT2D eigenvalue weighted by molar-refractivity contribution is 5.96. The second-order valence-corrected chi connectivity index (χ2v) is 4.14. The van der Waals surface area contributed by atoms with E-state index in [9.17, 15) is 9.59 Å². The molecule has 0 saturated heterocycles. The van der Waals surface area contributed by atoms with Crippen molar-refractivity contribution in [3.05, 3.63) is 30.3 Å². The van der Waals surface area contributed by atoms with E-state index >= 15 is 0 Å². The quantitative estimate of drug-likeness (QED) is 0.747. The molecule has 0 aliphatic rings. The van der Waals surface area contributed by atoms with E-state index in [0.29, 0.717) is 11.4 Å². The summed E-state index contributed by atoms with van der Waals surface area (Å²) >= 11 is 0. The van der Waals surface area contributed by atoms with Crippen LogP contribution < -0.4 is 16.0 Å². The largest absolute Gasteiger partial charge is 0.399 e. The predicted octanol–water partition coefficient (Wildman–Crippen LogP) is 0.637. The Bertz CT molecular complexity index is 514. The van der Waals surface area contributed by atoms with Gasteiger partial charge in [-0.05, 0) is 23.8 Å². The van der Waals surface area contributed by atoms with E-state index in [0.717, 1.165) is 5.56 Å². The SMILES string of the molecule is C=Cc1cc(N)ccc1N(C)C(=O)COCC(=O)NC. The molecule has 0 aliphatic carbocycles. The molecule has 0 heterocycles. The zero-order chi connectivity index (χ0) is 15.1. The van der Waals surface area contributed by atoms with Gasteiger partial charge < -0.3 is 20.7 Å². The Kier molecular flexibility index (Phi) is 5.74. The van der Waals surface area contributed by atoms with Gasteiger partial charge in [0, 0.05) is 19.8 Å². The van der Waals surface area contributed by atoms with Crippen LogP contribution in [0.25, 0.3) is 6.08 Å². The van der Waals surface area contributed by atoms with Crippen molar-refractivity contribution in [1.29, 1.82) is 0 Å². The van der Waals surface area contributed by atoms with Crippen molar-refractivity contribution >= 4 is 29.3 Å². The van der Waals surface area contributed by atoms with Crippen molar-refractivity contribution in [2.24, 2.45) is 0 Å². The molecule has 0 aliphatic heterocycles. The van der Waals surface area contributed by atoms with E-state index in [1.165, 1.54) is 11.9 Å². The van der Waals surface area contributed by atoms with Crippen molar-refractivity contribution in [3.63, 3.8) is 0 Å². The lowest BCUT2D eigenvalue weighted by atomic mass is 10.1. The highest BCUT2D eigenvalue weighted by Gasteiger charge is 2.14. The van der Waals surface area contributed by atoms with Gasteiger partial charge in [0.15, 0.2) is 0 Å². The zero-order valence-electron chi connectivity index (χ0n) is 11.7. The lowest BCUT2D eigenvalue weighted by Crippen LogP contribution is -2.32. The molecule has 1 aromatic rings. The van der Waals surface area contributed by atoms with Crippen LogP contribution in [-0.4, -0.2) is 39.1 Å². The Hall–Kier alpha value is -2.34. The van der Waals surface area contributed by atoms with E-state index in [2.05, 4.69) is 11.9 Å². The second-order valence-electron chi connectivity index (χ2n) is 4.14. The molecule has 20 heavy (non-hydrogen) atoms. The van der Waals surface area contributed by atoms with Gasteiger partial charge in [-0.3, -0.25) is 9.59 Å². The second kappa shape index (κ2) is 7.30. The van der Waals surface area contributed by atoms with Crippen molar-refractivity contribution in [2.45, 2.75) is 0 Å². The summed E-state index contributed by atoms with van der Waals surface area (Å²) in [5.74, 6) is -0.540. The van der Waals surface area contributed by atoms with Crippen molar-refractivity contribution < 1.29 is 14.3 Å². The predicted molar refractivity (Wildman–Crippen MR) is 79.2 cm³/mol. The summed E-state index contributed by atoms with van der Waals surface area (Å²) in [5.41, 5.74) is 7.73. The van der Waals surface area contributed by atoms with E-state index in [1.54, 1.807) is 31.3 Å². The fourth-order valence-electron chi connectivity index (χ4n) is 1.58. The van der Waals surface area contributed by atoms with Crippen molar-refractivity contribution in [2.75, 3.05) is 37.9 Å². The van der Waals surface area contributed by atoms with Gasteiger partial charge in [-0.15, -0.1) is 0 Å². The van der Waals surface area contributed by atoms with Gasteiger partial charge in [0.1, 0.15) is 13.2 Å². The Balaban J connectivity index is 2.69. The molecule has 0 spiro atoms. The normalized spacial score (nSPS) is 9.90. The van der Waals surface area contributed by atoms with Crippen LogP contribution in [-0.2, 0) is 14.3 Å². The minimum Gasteiger partial charge on any atom is -0.399 e. The fraction of sp³-hybridized carbons (Fsp3) is 0.286. The molecule has 2 amide bonds. The number of nitrogens with zero attached hydrogens (tertiary/aromatic N) is 1. The van der Waals surface area contributed by atoms with Gasteiger partial charge in [0.05, 0.1) is 5.69 Å². The maximum atomic E-state index is 12.0. The highest BCUT2D eigenvalue weighted by Crippen LogP contribution is 2.23. The summed E-state index contributed by atoms with van der Waals surface area (Å²) in [7, 11) is 3.13. The van der Waals surface area contributed by atoms with Crippen LogP contribution in [0.3, 0.4) is 0 Å². The van der Waals surface area contributed by atoms with Gasteiger partial charge in [-0.2, -0.15) is 0 Å². The third-order valence-electron chi connectivity index (χ3n) is 2.74. The molecular weight excluding hydrogens is 258 g/mol. The summed E-state index contributed by atoms with van der Waals surface area (Å²) in [6, 6.07) is 5.18. The first-order valence-electron chi connectivity index (χ1n) is 6.06. The maximum absolute atomic E-state index is 12.0. The third-order valence-corrected chi connectivity index (χ3v) is 2.74. The van der Waals surface area contributed by atoms with Crippen LogP contribution in [0.2, 0.25) is 0 Å². The standard InChI is InChI=1S/C14H19N3O3/c1-4-10-7-11(15)5-6-12(10)17(3)14(19)9-20-8-13(18)16-2/h4-7H,1,8-9,15H2,2-3H3,(H,16,18). The molecule has 0 fully saturated rings. The van der Waals surface area contributed by atoms with E-state index in [-0.39, 0.29) is 25.0 Å². The average molecular weight is 277 g/mol. The Morgan fingerprint density at radius 2 is 2.15 bits per heavy atom. The van der Waals surface area contributed by atoms with E-state index in [1.807, 2.05) is 0 Å². The number of benzene rings is 1. The molecule has 6 nitrogen and oxygen atoms in total. The summed E-state index contributed by atoms with van der Waals surface area (Å²) in [4.78, 5) is 24.4. The van der Waals surface area contributed by atoms with Crippen molar-refractivity contribution in [1.82, 2.24) is 5.32 Å². The van der Waals surface area contributed by atoms with Gasteiger partial charge >= 0.3 is 0 Å². The number of nitrogens with two attached hydrogens (primary N) is 1. The smallest absolute Gasteiger partial charge is 0.252 e. The van der Waals surface area contributed by atoms with Gasteiger partial charge in [-0.25, -0.2) is 0 Å². The Morgan fingerprint density at radius 1 is 1.45 bits per heavy atom. The topological polar surface area (TPSA) is 84.7 Å². The number of carbonyl (C=O) groups excluding carboxylic acids is 2. The van der Waals surface area contributed by atoms with Gasteiger partial charge in [0.25, 0.3) is 5.91 Å². The van der Waals surface area contributed by atoms with Crippen molar-refractivity contribution in [3.8, 4) is 0 Å². The molecule has 0 aromatic heterocycles.